The van der Waals surface area contributed by atoms with E-state index in [4.69, 9.17) is 4.42 Å². The van der Waals surface area contributed by atoms with Crippen molar-refractivity contribution in [2.45, 2.75) is 38.5 Å². The number of hydrogen-bond acceptors (Lipinski definition) is 3. The monoisotopic (exact) mass is 404 g/mol. The Kier molecular flexibility index (Phi) is 5.91. The summed E-state index contributed by atoms with van der Waals surface area (Å²) < 4.78 is 7.61. The maximum absolute atomic E-state index is 12.5. The SMILES string of the molecule is O=C(N/C(CC(=O)n1cccc1)=C(/Br)C1CCCCC1)c1ccco1. The fourth-order valence-corrected chi connectivity index (χ4v) is 3.84. The molecule has 25 heavy (non-hydrogen) atoms. The van der Waals surface area contributed by atoms with Gasteiger partial charge in [0, 0.05) is 22.6 Å². The highest BCUT2D eigenvalue weighted by atomic mass is 79.9. The van der Waals surface area contributed by atoms with Gasteiger partial charge in [-0.05, 0) is 43.0 Å². The Morgan fingerprint density at radius 1 is 1.16 bits per heavy atom. The van der Waals surface area contributed by atoms with E-state index in [1.807, 2.05) is 0 Å². The van der Waals surface area contributed by atoms with E-state index in [1.165, 1.54) is 30.1 Å². The Morgan fingerprint density at radius 2 is 1.88 bits per heavy atom. The Balaban J connectivity index is 1.81. The quantitative estimate of drug-likeness (QED) is 0.783. The zero-order valence-electron chi connectivity index (χ0n) is 13.9. The van der Waals surface area contributed by atoms with Crippen molar-refractivity contribution in [1.82, 2.24) is 9.88 Å². The van der Waals surface area contributed by atoms with Crippen LogP contribution in [0.4, 0.5) is 0 Å². The predicted octanol–water partition coefficient (Wildman–Crippen LogP) is 4.73. The molecule has 1 aliphatic carbocycles. The Hall–Kier alpha value is -2.08. The van der Waals surface area contributed by atoms with Crippen LogP contribution in [-0.2, 0) is 0 Å². The second kappa shape index (κ2) is 8.34. The fourth-order valence-electron chi connectivity index (χ4n) is 3.14. The fraction of sp³-hybridized carbons (Fsp3) is 0.368. The van der Waals surface area contributed by atoms with Gasteiger partial charge < -0.3 is 9.73 Å². The number of nitrogens with one attached hydrogen (secondary N) is 1. The second-order valence-electron chi connectivity index (χ2n) is 6.25. The zero-order chi connectivity index (χ0) is 17.6. The molecule has 2 aromatic rings. The molecule has 0 spiro atoms. The van der Waals surface area contributed by atoms with Gasteiger partial charge in [-0.3, -0.25) is 14.2 Å². The molecule has 0 aromatic carbocycles. The molecule has 1 amide bonds. The van der Waals surface area contributed by atoms with Crippen LogP contribution in [0, 0.1) is 5.92 Å². The summed E-state index contributed by atoms with van der Waals surface area (Å²) in [7, 11) is 0. The molecule has 0 saturated heterocycles. The van der Waals surface area contributed by atoms with Crippen LogP contribution < -0.4 is 5.32 Å². The van der Waals surface area contributed by atoms with Gasteiger partial charge in [-0.1, -0.05) is 35.2 Å². The lowest BCUT2D eigenvalue weighted by Crippen LogP contribution is -2.27. The molecule has 0 radical (unpaired) electrons. The first kappa shape index (κ1) is 17.7. The van der Waals surface area contributed by atoms with E-state index in [0.717, 1.165) is 17.3 Å². The van der Waals surface area contributed by atoms with Crippen LogP contribution in [0.3, 0.4) is 0 Å². The molecule has 5 nitrogen and oxygen atoms in total. The van der Waals surface area contributed by atoms with Gasteiger partial charge in [-0.15, -0.1) is 0 Å². The van der Waals surface area contributed by atoms with Gasteiger partial charge in [-0.25, -0.2) is 0 Å². The van der Waals surface area contributed by atoms with Gasteiger partial charge in [0.2, 0.25) is 5.91 Å². The van der Waals surface area contributed by atoms with Gasteiger partial charge in [0.05, 0.1) is 12.7 Å². The summed E-state index contributed by atoms with van der Waals surface area (Å²) >= 11 is 3.66. The van der Waals surface area contributed by atoms with Crippen molar-refractivity contribution in [1.29, 1.82) is 0 Å². The van der Waals surface area contributed by atoms with E-state index in [9.17, 15) is 9.59 Å². The number of amides is 1. The van der Waals surface area contributed by atoms with Gasteiger partial charge in [0.15, 0.2) is 5.76 Å². The number of carbonyl (C=O) groups is 2. The first-order valence-electron chi connectivity index (χ1n) is 8.54. The summed E-state index contributed by atoms with van der Waals surface area (Å²) in [6.07, 6.45) is 10.7. The van der Waals surface area contributed by atoms with Crippen LogP contribution in [0.25, 0.3) is 0 Å². The topological polar surface area (TPSA) is 64.2 Å². The highest BCUT2D eigenvalue weighted by molar-refractivity contribution is 9.11. The third-order valence-electron chi connectivity index (χ3n) is 4.48. The molecule has 6 heteroatoms. The van der Waals surface area contributed by atoms with Crippen LogP contribution in [0.15, 0.2) is 57.5 Å². The average Bonchev–Trinajstić information content (AvgIpc) is 3.34. The molecule has 2 aromatic heterocycles. The van der Waals surface area contributed by atoms with E-state index in [1.54, 1.807) is 36.7 Å². The van der Waals surface area contributed by atoms with Crippen LogP contribution in [0.2, 0.25) is 0 Å². The minimum atomic E-state index is -0.340. The molecular weight excluding hydrogens is 384 g/mol. The number of furan rings is 1. The lowest BCUT2D eigenvalue weighted by molar-refractivity contribution is 0.0903. The summed E-state index contributed by atoms with van der Waals surface area (Å²) in [6.45, 7) is 0. The van der Waals surface area contributed by atoms with Gasteiger partial charge in [0.1, 0.15) is 0 Å². The normalized spacial score (nSPS) is 16.4. The number of halogens is 1. The summed E-state index contributed by atoms with van der Waals surface area (Å²) in [6, 6.07) is 6.88. The van der Waals surface area contributed by atoms with Crippen molar-refractivity contribution < 1.29 is 14.0 Å². The smallest absolute Gasteiger partial charge is 0.291 e. The zero-order valence-corrected chi connectivity index (χ0v) is 15.5. The summed E-state index contributed by atoms with van der Waals surface area (Å²) in [4.78, 5) is 24.9. The van der Waals surface area contributed by atoms with Crippen molar-refractivity contribution >= 4 is 27.7 Å². The lowest BCUT2D eigenvalue weighted by atomic mass is 9.88. The third kappa shape index (κ3) is 4.51. The summed E-state index contributed by atoms with van der Waals surface area (Å²) in [5.74, 6) is 0.147. The molecule has 1 saturated carbocycles. The van der Waals surface area contributed by atoms with E-state index in [-0.39, 0.29) is 24.0 Å². The first-order chi connectivity index (χ1) is 12.1. The number of carbonyl (C=O) groups excluding carboxylic acids is 2. The number of allylic oxidation sites excluding steroid dienone is 2. The number of rotatable bonds is 5. The highest BCUT2D eigenvalue weighted by Crippen LogP contribution is 2.35. The highest BCUT2D eigenvalue weighted by Gasteiger charge is 2.23. The van der Waals surface area contributed by atoms with E-state index < -0.39 is 0 Å². The summed E-state index contributed by atoms with van der Waals surface area (Å²) in [5.41, 5.74) is 0.618. The van der Waals surface area contributed by atoms with Crippen molar-refractivity contribution in [3.8, 4) is 0 Å². The molecule has 132 valence electrons. The number of hydrogen-bond donors (Lipinski definition) is 1. The van der Waals surface area contributed by atoms with Crippen LogP contribution >= 0.6 is 15.9 Å². The van der Waals surface area contributed by atoms with Crippen LogP contribution in [0.1, 0.15) is 53.9 Å². The Labute approximate surface area is 155 Å². The molecule has 3 rings (SSSR count). The minimum absolute atomic E-state index is 0.0903. The van der Waals surface area contributed by atoms with E-state index in [0.29, 0.717) is 11.6 Å². The molecule has 1 aliphatic rings. The number of aromatic nitrogens is 1. The molecule has 0 unspecified atom stereocenters. The Morgan fingerprint density at radius 3 is 2.52 bits per heavy atom. The Bertz CT molecular complexity index is 691. The van der Waals surface area contributed by atoms with E-state index in [2.05, 4.69) is 21.2 Å². The molecule has 0 atom stereocenters. The molecule has 0 bridgehead atoms. The van der Waals surface area contributed by atoms with Gasteiger partial charge >= 0.3 is 0 Å². The maximum atomic E-state index is 12.5. The lowest BCUT2D eigenvalue weighted by Gasteiger charge is -2.24. The molecule has 1 N–H and O–H groups in total. The minimum Gasteiger partial charge on any atom is -0.459 e. The van der Waals surface area contributed by atoms with E-state index >= 15 is 0 Å². The molecule has 2 heterocycles. The van der Waals surface area contributed by atoms with Gasteiger partial charge in [-0.2, -0.15) is 0 Å². The van der Waals surface area contributed by atoms with Crippen LogP contribution in [-0.4, -0.2) is 16.4 Å². The first-order valence-corrected chi connectivity index (χ1v) is 9.34. The second-order valence-corrected chi connectivity index (χ2v) is 7.11. The molecule has 1 fully saturated rings. The predicted molar refractivity (Wildman–Crippen MR) is 98.4 cm³/mol. The maximum Gasteiger partial charge on any atom is 0.291 e. The van der Waals surface area contributed by atoms with Crippen molar-refractivity contribution in [3.63, 3.8) is 0 Å². The summed E-state index contributed by atoms with van der Waals surface area (Å²) in [5, 5.41) is 2.88. The largest absolute Gasteiger partial charge is 0.459 e. The van der Waals surface area contributed by atoms with Crippen LogP contribution in [0.5, 0.6) is 0 Å². The standard InChI is InChI=1S/C19H21BrN2O3/c20-18(14-7-2-1-3-8-14)15(13-17(23)22-10-4-5-11-22)21-19(24)16-9-6-12-25-16/h4-6,9-12,14H,1-3,7-8,13H2,(H,21,24)/b18-15+. The van der Waals surface area contributed by atoms with Crippen molar-refractivity contribution in [2.24, 2.45) is 5.92 Å². The molecular formula is C19H21BrN2O3. The third-order valence-corrected chi connectivity index (χ3v) is 5.61. The van der Waals surface area contributed by atoms with Crippen molar-refractivity contribution in [3.05, 3.63) is 58.9 Å². The molecule has 0 aliphatic heterocycles. The van der Waals surface area contributed by atoms with Gasteiger partial charge in [0.25, 0.3) is 5.91 Å². The number of nitrogens with zero attached hydrogens (tertiary/aromatic N) is 1. The van der Waals surface area contributed by atoms with Crippen molar-refractivity contribution in [2.75, 3.05) is 0 Å². The average molecular weight is 405 g/mol.